The van der Waals surface area contributed by atoms with E-state index in [1.165, 1.54) is 0 Å². The number of aliphatic hydroxyl groups is 2. The third-order valence-corrected chi connectivity index (χ3v) is 7.33. The standard InChI is InChI=1S/2C16H19F3O3/c2*1-2-21-14-9-8-13(11-22-14)15(20,16(17,18)19)10-12-6-4-3-5-7-12/h2*3-7,11,14,20H,2,8-10H2,1H3/t2*14-,15+/m10/s1. The smallest absolute Gasteiger partial charge is 0.421 e. The first-order valence-electron chi connectivity index (χ1n) is 14.3. The number of rotatable bonds is 10. The molecule has 2 aromatic carbocycles. The van der Waals surface area contributed by atoms with Crippen LogP contribution < -0.4 is 0 Å². The van der Waals surface area contributed by atoms with Crippen molar-refractivity contribution in [2.45, 2.75) is 88.5 Å². The lowest BCUT2D eigenvalue weighted by molar-refractivity contribution is -0.247. The first-order valence-corrected chi connectivity index (χ1v) is 14.3. The molecule has 44 heavy (non-hydrogen) atoms. The summed E-state index contributed by atoms with van der Waals surface area (Å²) in [7, 11) is 0. The predicted octanol–water partition coefficient (Wildman–Crippen LogP) is 7.16. The van der Waals surface area contributed by atoms with Gasteiger partial charge in [0.05, 0.1) is 12.5 Å². The van der Waals surface area contributed by atoms with Crippen molar-refractivity contribution < 1.29 is 55.5 Å². The molecule has 2 aromatic rings. The molecule has 0 aliphatic carbocycles. The first-order chi connectivity index (χ1) is 20.7. The second-order valence-electron chi connectivity index (χ2n) is 10.4. The monoisotopic (exact) mass is 632 g/mol. The minimum absolute atomic E-state index is 0.0769. The van der Waals surface area contributed by atoms with Gasteiger partial charge < -0.3 is 29.2 Å². The van der Waals surface area contributed by atoms with E-state index in [1.54, 1.807) is 74.5 Å². The summed E-state index contributed by atoms with van der Waals surface area (Å²) in [6, 6.07) is 16.2. The molecule has 4 rings (SSSR count). The molecule has 6 nitrogen and oxygen atoms in total. The van der Waals surface area contributed by atoms with E-state index in [2.05, 4.69) is 0 Å². The van der Waals surface area contributed by atoms with Gasteiger partial charge in [0.25, 0.3) is 0 Å². The van der Waals surface area contributed by atoms with E-state index in [-0.39, 0.29) is 36.8 Å². The average molecular weight is 633 g/mol. The second-order valence-corrected chi connectivity index (χ2v) is 10.4. The van der Waals surface area contributed by atoms with Crippen molar-refractivity contribution in [1.82, 2.24) is 0 Å². The van der Waals surface area contributed by atoms with Crippen LogP contribution >= 0.6 is 0 Å². The molecule has 0 amide bonds. The van der Waals surface area contributed by atoms with Crippen LogP contribution in [0.2, 0.25) is 0 Å². The minimum Gasteiger partial charge on any atom is -0.472 e. The summed E-state index contributed by atoms with van der Waals surface area (Å²) in [5, 5.41) is 20.7. The molecule has 0 unspecified atom stereocenters. The summed E-state index contributed by atoms with van der Waals surface area (Å²) in [6.45, 7) is 4.40. The Balaban J connectivity index is 0.000000240. The molecule has 244 valence electrons. The van der Waals surface area contributed by atoms with Gasteiger partial charge in [0, 0.05) is 50.0 Å². The van der Waals surface area contributed by atoms with E-state index >= 15 is 0 Å². The zero-order valence-electron chi connectivity index (χ0n) is 24.5. The van der Waals surface area contributed by atoms with Crippen LogP contribution in [0.25, 0.3) is 0 Å². The van der Waals surface area contributed by atoms with Gasteiger partial charge in [0.15, 0.2) is 23.8 Å². The molecule has 4 atom stereocenters. The van der Waals surface area contributed by atoms with E-state index in [9.17, 15) is 36.6 Å². The van der Waals surface area contributed by atoms with E-state index in [4.69, 9.17) is 18.9 Å². The van der Waals surface area contributed by atoms with Crippen LogP contribution in [0.3, 0.4) is 0 Å². The zero-order valence-corrected chi connectivity index (χ0v) is 24.5. The van der Waals surface area contributed by atoms with Crippen LogP contribution in [-0.4, -0.2) is 59.6 Å². The molecule has 0 spiro atoms. The molecule has 0 fully saturated rings. The fourth-order valence-corrected chi connectivity index (χ4v) is 4.92. The van der Waals surface area contributed by atoms with Gasteiger partial charge >= 0.3 is 12.4 Å². The molecular formula is C32H38F6O6. The summed E-state index contributed by atoms with van der Waals surface area (Å²) in [5.41, 5.74) is -5.36. The Hall–Kier alpha value is -3.06. The maximum Gasteiger partial charge on any atom is 0.421 e. The Kier molecular flexibility index (Phi) is 12.3. The number of hydrogen-bond donors (Lipinski definition) is 2. The normalized spacial score (nSPS) is 21.7. The third kappa shape index (κ3) is 8.99. The van der Waals surface area contributed by atoms with Crippen LogP contribution in [0.5, 0.6) is 0 Å². The maximum atomic E-state index is 13.4. The van der Waals surface area contributed by atoms with Crippen molar-refractivity contribution in [3.63, 3.8) is 0 Å². The third-order valence-electron chi connectivity index (χ3n) is 7.33. The predicted molar refractivity (Wildman–Crippen MR) is 150 cm³/mol. The number of benzene rings is 2. The molecule has 2 aliphatic rings. The van der Waals surface area contributed by atoms with Crippen molar-refractivity contribution in [2.24, 2.45) is 0 Å². The summed E-state index contributed by atoms with van der Waals surface area (Å²) in [4.78, 5) is 0. The quantitative estimate of drug-likeness (QED) is 0.271. The Bertz CT molecular complexity index is 1120. The van der Waals surface area contributed by atoms with Gasteiger partial charge in [-0.1, -0.05) is 60.7 Å². The Morgan fingerprint density at radius 2 is 0.977 bits per heavy atom. The van der Waals surface area contributed by atoms with Crippen LogP contribution in [0.15, 0.2) is 84.3 Å². The fraction of sp³-hybridized carbons (Fsp3) is 0.500. The Labute approximate surface area is 252 Å². The van der Waals surface area contributed by atoms with Crippen LogP contribution in [-0.2, 0) is 31.8 Å². The number of ether oxygens (including phenoxy) is 4. The zero-order chi connectivity index (χ0) is 32.4. The van der Waals surface area contributed by atoms with Crippen molar-refractivity contribution >= 4 is 0 Å². The van der Waals surface area contributed by atoms with Gasteiger partial charge in [-0.15, -0.1) is 0 Å². The molecule has 2 N–H and O–H groups in total. The molecule has 0 radical (unpaired) electrons. The van der Waals surface area contributed by atoms with E-state index in [0.717, 1.165) is 12.5 Å². The number of hydrogen-bond acceptors (Lipinski definition) is 6. The molecule has 0 aromatic heterocycles. The Morgan fingerprint density at radius 3 is 1.23 bits per heavy atom. The molecule has 12 heteroatoms. The van der Waals surface area contributed by atoms with E-state index < -0.39 is 49.0 Å². The highest BCUT2D eigenvalue weighted by Crippen LogP contribution is 2.43. The lowest BCUT2D eigenvalue weighted by atomic mass is 9.84. The van der Waals surface area contributed by atoms with Crippen LogP contribution in [0.4, 0.5) is 26.3 Å². The van der Waals surface area contributed by atoms with Crippen LogP contribution in [0.1, 0.15) is 50.7 Å². The van der Waals surface area contributed by atoms with Crippen molar-refractivity contribution in [2.75, 3.05) is 13.2 Å². The highest BCUT2D eigenvalue weighted by molar-refractivity contribution is 5.28. The lowest BCUT2D eigenvalue weighted by Crippen LogP contribution is -2.49. The molecule has 2 aliphatic heterocycles. The van der Waals surface area contributed by atoms with Gasteiger partial charge in [0.1, 0.15) is 0 Å². The van der Waals surface area contributed by atoms with Crippen molar-refractivity contribution in [3.8, 4) is 0 Å². The second kappa shape index (κ2) is 15.3. The summed E-state index contributed by atoms with van der Waals surface area (Å²) >= 11 is 0. The van der Waals surface area contributed by atoms with Gasteiger partial charge in [0.2, 0.25) is 0 Å². The molecular weight excluding hydrogens is 594 g/mol. The number of alkyl halides is 6. The molecule has 0 bridgehead atoms. The number of halogens is 6. The largest absolute Gasteiger partial charge is 0.472 e. The summed E-state index contributed by atoms with van der Waals surface area (Å²) < 4.78 is 101. The molecule has 2 heterocycles. The lowest BCUT2D eigenvalue weighted by Gasteiger charge is -2.35. The van der Waals surface area contributed by atoms with Crippen molar-refractivity contribution in [1.29, 1.82) is 0 Å². The summed E-state index contributed by atoms with van der Waals surface area (Å²) in [6.07, 6.45) is -9.02. The average Bonchev–Trinajstić information content (AvgIpc) is 2.98. The first kappa shape index (κ1) is 35.4. The SMILES string of the molecule is CCO[C@@H]1CCC([C@](O)(Cc2ccccc2)C(F)(F)F)=CO1.CCO[C@H]1CCC([C@@](O)(Cc2ccccc2)C(F)(F)F)=CO1. The van der Waals surface area contributed by atoms with Crippen LogP contribution in [0, 0.1) is 0 Å². The highest BCUT2D eigenvalue weighted by Gasteiger charge is 2.57. The van der Waals surface area contributed by atoms with Gasteiger partial charge in [-0.3, -0.25) is 0 Å². The molecule has 0 saturated heterocycles. The highest BCUT2D eigenvalue weighted by atomic mass is 19.4. The van der Waals surface area contributed by atoms with Gasteiger partial charge in [-0.25, -0.2) is 0 Å². The maximum absolute atomic E-state index is 13.4. The van der Waals surface area contributed by atoms with Gasteiger partial charge in [-0.2, -0.15) is 26.3 Å². The Morgan fingerprint density at radius 1 is 0.636 bits per heavy atom. The van der Waals surface area contributed by atoms with Gasteiger partial charge in [-0.05, 0) is 37.8 Å². The minimum atomic E-state index is -4.78. The van der Waals surface area contributed by atoms with E-state index in [1.807, 2.05) is 0 Å². The van der Waals surface area contributed by atoms with E-state index in [0.29, 0.717) is 24.3 Å². The van der Waals surface area contributed by atoms with Crippen molar-refractivity contribution in [3.05, 3.63) is 95.5 Å². The fourth-order valence-electron chi connectivity index (χ4n) is 4.92. The molecule has 0 saturated carbocycles. The summed E-state index contributed by atoms with van der Waals surface area (Å²) in [5.74, 6) is 0. The topological polar surface area (TPSA) is 77.4 Å².